The SMILES string of the molecule is CCN(CC)c1ccc(NC(=O)CNc2ccc(C(C)(C)C)cc2)cc1. The summed E-state index contributed by atoms with van der Waals surface area (Å²) in [5.74, 6) is -0.0551. The molecule has 0 saturated heterocycles. The van der Waals surface area contributed by atoms with Crippen molar-refractivity contribution in [1.82, 2.24) is 0 Å². The zero-order valence-corrected chi connectivity index (χ0v) is 16.6. The van der Waals surface area contributed by atoms with Crippen molar-refractivity contribution in [3.63, 3.8) is 0 Å². The number of benzene rings is 2. The number of anilines is 3. The Balaban J connectivity index is 1.87. The van der Waals surface area contributed by atoms with Crippen molar-refractivity contribution in [2.45, 2.75) is 40.0 Å². The van der Waals surface area contributed by atoms with Crippen LogP contribution in [0.3, 0.4) is 0 Å². The van der Waals surface area contributed by atoms with Crippen molar-refractivity contribution < 1.29 is 4.79 Å². The quantitative estimate of drug-likeness (QED) is 0.745. The minimum Gasteiger partial charge on any atom is -0.376 e. The molecular weight excluding hydrogens is 322 g/mol. The molecule has 0 aliphatic heterocycles. The van der Waals surface area contributed by atoms with Gasteiger partial charge in [-0.3, -0.25) is 4.79 Å². The molecule has 0 spiro atoms. The number of hydrogen-bond acceptors (Lipinski definition) is 3. The number of carbonyl (C=O) groups excluding carboxylic acids is 1. The molecule has 0 fully saturated rings. The minimum atomic E-state index is -0.0551. The first-order valence-electron chi connectivity index (χ1n) is 9.32. The molecule has 0 aliphatic rings. The first kappa shape index (κ1) is 19.8. The lowest BCUT2D eigenvalue weighted by Gasteiger charge is -2.21. The number of nitrogens with one attached hydrogen (secondary N) is 2. The highest BCUT2D eigenvalue weighted by atomic mass is 16.1. The van der Waals surface area contributed by atoms with Crippen LogP contribution in [0.5, 0.6) is 0 Å². The summed E-state index contributed by atoms with van der Waals surface area (Å²) in [6, 6.07) is 16.2. The molecule has 0 aromatic heterocycles. The molecule has 140 valence electrons. The number of hydrogen-bond donors (Lipinski definition) is 2. The Morgan fingerprint density at radius 2 is 1.42 bits per heavy atom. The van der Waals surface area contributed by atoms with E-state index in [0.29, 0.717) is 0 Å². The summed E-state index contributed by atoms with van der Waals surface area (Å²) < 4.78 is 0. The van der Waals surface area contributed by atoms with E-state index in [2.05, 4.69) is 62.3 Å². The van der Waals surface area contributed by atoms with E-state index < -0.39 is 0 Å². The van der Waals surface area contributed by atoms with Crippen LogP contribution in [0.4, 0.5) is 17.1 Å². The molecule has 0 heterocycles. The van der Waals surface area contributed by atoms with E-state index in [1.54, 1.807) is 0 Å². The maximum atomic E-state index is 12.2. The first-order valence-corrected chi connectivity index (χ1v) is 9.32. The van der Waals surface area contributed by atoms with Gasteiger partial charge >= 0.3 is 0 Å². The van der Waals surface area contributed by atoms with Gasteiger partial charge in [0.1, 0.15) is 0 Å². The summed E-state index contributed by atoms with van der Waals surface area (Å²) in [5.41, 5.74) is 4.35. The van der Waals surface area contributed by atoms with Crippen molar-refractivity contribution in [2.75, 3.05) is 35.2 Å². The van der Waals surface area contributed by atoms with Gasteiger partial charge in [-0.25, -0.2) is 0 Å². The van der Waals surface area contributed by atoms with Gasteiger partial charge in [0.2, 0.25) is 5.91 Å². The van der Waals surface area contributed by atoms with E-state index in [9.17, 15) is 4.79 Å². The van der Waals surface area contributed by atoms with Crippen molar-refractivity contribution in [3.05, 3.63) is 54.1 Å². The smallest absolute Gasteiger partial charge is 0.243 e. The zero-order valence-electron chi connectivity index (χ0n) is 16.6. The maximum absolute atomic E-state index is 12.2. The van der Waals surface area contributed by atoms with E-state index in [0.717, 1.165) is 24.5 Å². The second kappa shape index (κ2) is 8.75. The minimum absolute atomic E-state index is 0.0551. The fourth-order valence-corrected chi connectivity index (χ4v) is 2.82. The van der Waals surface area contributed by atoms with E-state index >= 15 is 0 Å². The fourth-order valence-electron chi connectivity index (χ4n) is 2.82. The highest BCUT2D eigenvalue weighted by Gasteiger charge is 2.13. The lowest BCUT2D eigenvalue weighted by Crippen LogP contribution is -2.23. The third-order valence-electron chi connectivity index (χ3n) is 4.48. The summed E-state index contributed by atoms with van der Waals surface area (Å²) in [6.45, 7) is 13.0. The molecule has 2 aromatic rings. The summed E-state index contributed by atoms with van der Waals surface area (Å²) in [5, 5.41) is 6.10. The molecule has 4 heteroatoms. The lowest BCUT2D eigenvalue weighted by molar-refractivity contribution is -0.114. The topological polar surface area (TPSA) is 44.4 Å². The molecule has 0 saturated carbocycles. The second-order valence-corrected chi connectivity index (χ2v) is 7.45. The second-order valence-electron chi connectivity index (χ2n) is 7.45. The van der Waals surface area contributed by atoms with E-state index in [4.69, 9.17) is 0 Å². The molecule has 2 rings (SSSR count). The van der Waals surface area contributed by atoms with Crippen LogP contribution in [0.2, 0.25) is 0 Å². The molecule has 0 unspecified atom stereocenters. The zero-order chi connectivity index (χ0) is 19.2. The van der Waals surface area contributed by atoms with Crippen LogP contribution in [0.15, 0.2) is 48.5 Å². The normalized spacial score (nSPS) is 11.1. The van der Waals surface area contributed by atoms with Gasteiger partial charge in [-0.1, -0.05) is 32.9 Å². The van der Waals surface area contributed by atoms with E-state index in [-0.39, 0.29) is 17.9 Å². The third kappa shape index (κ3) is 5.51. The Bertz CT molecular complexity index is 696. The van der Waals surface area contributed by atoms with Gasteiger partial charge in [0, 0.05) is 30.2 Å². The Labute approximate surface area is 157 Å². The molecule has 0 bridgehead atoms. The number of carbonyl (C=O) groups is 1. The Morgan fingerprint density at radius 1 is 0.885 bits per heavy atom. The van der Waals surface area contributed by atoms with Gasteiger partial charge in [0.05, 0.1) is 6.54 Å². The Morgan fingerprint density at radius 3 is 1.92 bits per heavy atom. The fraction of sp³-hybridized carbons (Fsp3) is 0.409. The Kier molecular flexibility index (Phi) is 6.67. The summed E-state index contributed by atoms with van der Waals surface area (Å²) in [6.07, 6.45) is 0. The average molecular weight is 354 g/mol. The predicted molar refractivity (Wildman–Crippen MR) is 112 cm³/mol. The predicted octanol–water partition coefficient (Wildman–Crippen LogP) is 4.88. The summed E-state index contributed by atoms with van der Waals surface area (Å²) in [7, 11) is 0. The summed E-state index contributed by atoms with van der Waals surface area (Å²) >= 11 is 0. The third-order valence-corrected chi connectivity index (χ3v) is 4.48. The molecule has 26 heavy (non-hydrogen) atoms. The maximum Gasteiger partial charge on any atom is 0.243 e. The monoisotopic (exact) mass is 353 g/mol. The van der Waals surface area contributed by atoms with Crippen molar-refractivity contribution in [1.29, 1.82) is 0 Å². The lowest BCUT2D eigenvalue weighted by atomic mass is 9.87. The number of amides is 1. The molecule has 0 aliphatic carbocycles. The van der Waals surface area contributed by atoms with Crippen LogP contribution in [-0.2, 0) is 10.2 Å². The van der Waals surface area contributed by atoms with Gasteiger partial charge in [0.15, 0.2) is 0 Å². The average Bonchev–Trinajstić information content (AvgIpc) is 2.62. The van der Waals surface area contributed by atoms with Crippen molar-refractivity contribution in [2.24, 2.45) is 0 Å². The van der Waals surface area contributed by atoms with Crippen molar-refractivity contribution >= 4 is 23.0 Å². The molecule has 0 atom stereocenters. The largest absolute Gasteiger partial charge is 0.376 e. The van der Waals surface area contributed by atoms with E-state index in [1.807, 2.05) is 36.4 Å². The van der Waals surface area contributed by atoms with Crippen LogP contribution >= 0.6 is 0 Å². The van der Waals surface area contributed by atoms with Gasteiger partial charge in [-0.15, -0.1) is 0 Å². The number of nitrogens with zero attached hydrogens (tertiary/aromatic N) is 1. The standard InChI is InChI=1S/C22H31N3O/c1-6-25(7-2)20-14-12-19(13-15-20)24-21(26)16-23-18-10-8-17(9-11-18)22(3,4)5/h8-15,23H,6-7,16H2,1-5H3,(H,24,26). The molecular formula is C22H31N3O. The highest BCUT2D eigenvalue weighted by Crippen LogP contribution is 2.23. The number of rotatable bonds is 7. The van der Waals surface area contributed by atoms with Crippen LogP contribution < -0.4 is 15.5 Å². The van der Waals surface area contributed by atoms with Gasteiger partial charge in [0.25, 0.3) is 0 Å². The molecule has 0 radical (unpaired) electrons. The van der Waals surface area contributed by atoms with Crippen LogP contribution in [0.1, 0.15) is 40.2 Å². The molecule has 2 aromatic carbocycles. The van der Waals surface area contributed by atoms with E-state index in [1.165, 1.54) is 11.3 Å². The first-order chi connectivity index (χ1) is 12.3. The van der Waals surface area contributed by atoms with Crippen molar-refractivity contribution in [3.8, 4) is 0 Å². The Hall–Kier alpha value is -2.49. The van der Waals surface area contributed by atoms with Gasteiger partial charge in [-0.2, -0.15) is 0 Å². The van der Waals surface area contributed by atoms with Crippen LogP contribution in [-0.4, -0.2) is 25.5 Å². The molecule has 2 N–H and O–H groups in total. The van der Waals surface area contributed by atoms with Gasteiger partial charge < -0.3 is 15.5 Å². The van der Waals surface area contributed by atoms with Gasteiger partial charge in [-0.05, 0) is 61.2 Å². The highest BCUT2D eigenvalue weighted by molar-refractivity contribution is 5.93. The van der Waals surface area contributed by atoms with Crippen LogP contribution in [0.25, 0.3) is 0 Å². The molecule has 4 nitrogen and oxygen atoms in total. The summed E-state index contributed by atoms with van der Waals surface area (Å²) in [4.78, 5) is 14.4. The molecule has 1 amide bonds. The van der Waals surface area contributed by atoms with Crippen LogP contribution in [0, 0.1) is 0 Å².